The van der Waals surface area contributed by atoms with Gasteiger partial charge in [-0.3, -0.25) is 4.79 Å². The lowest BCUT2D eigenvalue weighted by molar-refractivity contribution is 0.1000. The quantitative estimate of drug-likeness (QED) is 0.878. The molecule has 0 aliphatic heterocycles. The number of rotatable bonds is 6. The Kier molecular flexibility index (Phi) is 4.60. The van der Waals surface area contributed by atoms with Crippen LogP contribution in [0.3, 0.4) is 0 Å². The van der Waals surface area contributed by atoms with E-state index in [-0.39, 0.29) is 0 Å². The number of hydrogen-bond donors (Lipinski definition) is 1. The van der Waals surface area contributed by atoms with Crippen LogP contribution in [0, 0.1) is 0 Å². The normalized spacial score (nSPS) is 10.1. The van der Waals surface area contributed by atoms with E-state index in [2.05, 4.69) is 0 Å². The van der Waals surface area contributed by atoms with Crippen molar-refractivity contribution in [1.82, 2.24) is 0 Å². The van der Waals surface area contributed by atoms with Crippen molar-refractivity contribution in [1.29, 1.82) is 0 Å². The van der Waals surface area contributed by atoms with Gasteiger partial charge in [0.2, 0.25) is 5.91 Å². The lowest BCUT2D eigenvalue weighted by Crippen LogP contribution is -2.12. The van der Waals surface area contributed by atoms with Crippen LogP contribution < -0.4 is 15.2 Å². The van der Waals surface area contributed by atoms with Crippen molar-refractivity contribution in [3.05, 3.63) is 59.7 Å². The van der Waals surface area contributed by atoms with Crippen molar-refractivity contribution >= 4 is 5.91 Å². The first-order valence-electron chi connectivity index (χ1n) is 6.44. The number of ether oxygens (including phenoxy) is 2. The molecule has 0 saturated carbocycles. The van der Waals surface area contributed by atoms with E-state index >= 15 is 0 Å². The summed E-state index contributed by atoms with van der Waals surface area (Å²) in [6, 6.07) is 14.6. The first-order valence-corrected chi connectivity index (χ1v) is 6.44. The molecule has 2 rings (SSSR count). The van der Waals surface area contributed by atoms with Gasteiger partial charge in [0.1, 0.15) is 18.1 Å². The third-order valence-corrected chi connectivity index (χ3v) is 2.78. The van der Waals surface area contributed by atoms with E-state index in [1.54, 1.807) is 18.2 Å². The van der Waals surface area contributed by atoms with Gasteiger partial charge in [0.05, 0.1) is 6.61 Å². The van der Waals surface area contributed by atoms with Gasteiger partial charge in [0.15, 0.2) is 0 Å². The number of benzene rings is 2. The molecule has 2 aromatic carbocycles. The van der Waals surface area contributed by atoms with E-state index in [1.807, 2.05) is 37.3 Å². The average molecular weight is 271 g/mol. The lowest BCUT2D eigenvalue weighted by Gasteiger charge is -2.12. The Morgan fingerprint density at radius 3 is 2.50 bits per heavy atom. The van der Waals surface area contributed by atoms with E-state index in [9.17, 15) is 4.79 Å². The number of carbonyl (C=O) groups is 1. The summed E-state index contributed by atoms with van der Waals surface area (Å²) in [7, 11) is 0. The molecule has 0 bridgehead atoms. The van der Waals surface area contributed by atoms with Gasteiger partial charge >= 0.3 is 0 Å². The van der Waals surface area contributed by atoms with Crippen LogP contribution in [0.1, 0.15) is 22.8 Å². The van der Waals surface area contributed by atoms with Crippen molar-refractivity contribution in [2.75, 3.05) is 6.61 Å². The molecule has 0 fully saturated rings. The summed E-state index contributed by atoms with van der Waals surface area (Å²) in [6.45, 7) is 2.78. The lowest BCUT2D eigenvalue weighted by atomic mass is 10.1. The van der Waals surface area contributed by atoms with Gasteiger partial charge in [0.25, 0.3) is 0 Å². The van der Waals surface area contributed by atoms with Crippen LogP contribution in [0.25, 0.3) is 0 Å². The van der Waals surface area contributed by atoms with E-state index in [4.69, 9.17) is 15.2 Å². The zero-order chi connectivity index (χ0) is 14.4. The number of carbonyl (C=O) groups excluding carboxylic acids is 1. The molecule has 0 aliphatic rings. The average Bonchev–Trinajstić information content (AvgIpc) is 2.47. The van der Waals surface area contributed by atoms with Gasteiger partial charge in [-0.15, -0.1) is 0 Å². The maximum Gasteiger partial charge on any atom is 0.248 e. The number of primary amides is 1. The van der Waals surface area contributed by atoms with E-state index in [0.717, 1.165) is 11.3 Å². The first-order chi connectivity index (χ1) is 9.70. The second-order valence-corrected chi connectivity index (χ2v) is 4.22. The molecule has 1 amide bonds. The maximum atomic E-state index is 11.2. The highest BCUT2D eigenvalue weighted by molar-refractivity contribution is 5.93. The monoisotopic (exact) mass is 271 g/mol. The summed E-state index contributed by atoms with van der Waals surface area (Å²) >= 11 is 0. The van der Waals surface area contributed by atoms with E-state index < -0.39 is 5.91 Å². The molecule has 0 radical (unpaired) electrons. The Morgan fingerprint density at radius 2 is 1.85 bits per heavy atom. The van der Waals surface area contributed by atoms with Crippen LogP contribution in [-0.2, 0) is 6.61 Å². The standard InChI is InChI=1S/C16H17NO3/c1-2-19-15-9-8-12(16(17)18)10-13(15)11-20-14-6-4-3-5-7-14/h3-10H,2,11H2,1H3,(H2,17,18). The Labute approximate surface area is 118 Å². The van der Waals surface area contributed by atoms with Crippen LogP contribution in [0.4, 0.5) is 0 Å². The highest BCUT2D eigenvalue weighted by atomic mass is 16.5. The summed E-state index contributed by atoms with van der Waals surface area (Å²) in [5.74, 6) is 1.00. The van der Waals surface area contributed by atoms with Gasteiger partial charge in [0, 0.05) is 11.1 Å². The molecule has 20 heavy (non-hydrogen) atoms. The van der Waals surface area contributed by atoms with Crippen molar-refractivity contribution in [2.45, 2.75) is 13.5 Å². The van der Waals surface area contributed by atoms with Gasteiger partial charge in [-0.1, -0.05) is 18.2 Å². The minimum absolute atomic E-state index is 0.320. The van der Waals surface area contributed by atoms with Crippen LogP contribution in [0.5, 0.6) is 11.5 Å². The molecule has 2 N–H and O–H groups in total. The fraction of sp³-hybridized carbons (Fsp3) is 0.188. The highest BCUT2D eigenvalue weighted by Crippen LogP contribution is 2.22. The summed E-state index contributed by atoms with van der Waals surface area (Å²) in [4.78, 5) is 11.2. The van der Waals surface area contributed by atoms with E-state index in [0.29, 0.717) is 24.5 Å². The third-order valence-electron chi connectivity index (χ3n) is 2.78. The van der Waals surface area contributed by atoms with Gasteiger partial charge in [-0.25, -0.2) is 0 Å². The molecule has 104 valence electrons. The molecule has 0 unspecified atom stereocenters. The van der Waals surface area contributed by atoms with Crippen LogP contribution in [0.15, 0.2) is 48.5 Å². The molecular formula is C16H17NO3. The topological polar surface area (TPSA) is 61.5 Å². The minimum Gasteiger partial charge on any atom is -0.493 e. The zero-order valence-corrected chi connectivity index (χ0v) is 11.3. The largest absolute Gasteiger partial charge is 0.493 e. The molecule has 0 atom stereocenters. The maximum absolute atomic E-state index is 11.2. The van der Waals surface area contributed by atoms with Crippen LogP contribution >= 0.6 is 0 Å². The molecular weight excluding hydrogens is 254 g/mol. The third kappa shape index (κ3) is 3.51. The molecule has 2 aromatic rings. The molecule has 0 heterocycles. The van der Waals surface area contributed by atoms with Gasteiger partial charge < -0.3 is 15.2 Å². The molecule has 0 spiro atoms. The molecule has 0 saturated heterocycles. The SMILES string of the molecule is CCOc1ccc(C(N)=O)cc1COc1ccccc1. The van der Waals surface area contributed by atoms with Crippen molar-refractivity contribution in [2.24, 2.45) is 5.73 Å². The first kappa shape index (κ1) is 13.9. The Bertz CT molecular complexity index is 582. The zero-order valence-electron chi connectivity index (χ0n) is 11.3. The van der Waals surface area contributed by atoms with Crippen LogP contribution in [-0.4, -0.2) is 12.5 Å². The van der Waals surface area contributed by atoms with Crippen LogP contribution in [0.2, 0.25) is 0 Å². The number of hydrogen-bond acceptors (Lipinski definition) is 3. The fourth-order valence-electron chi connectivity index (χ4n) is 1.82. The Balaban J connectivity index is 2.19. The highest BCUT2D eigenvalue weighted by Gasteiger charge is 2.09. The fourth-order valence-corrected chi connectivity index (χ4v) is 1.82. The van der Waals surface area contributed by atoms with Crippen molar-refractivity contribution in [3.8, 4) is 11.5 Å². The predicted octanol–water partition coefficient (Wildman–Crippen LogP) is 2.76. The summed E-state index contributed by atoms with van der Waals surface area (Å²) in [5.41, 5.74) is 6.54. The number of amides is 1. The summed E-state index contributed by atoms with van der Waals surface area (Å²) < 4.78 is 11.2. The van der Waals surface area contributed by atoms with E-state index in [1.165, 1.54) is 0 Å². The Hall–Kier alpha value is -2.49. The smallest absolute Gasteiger partial charge is 0.248 e. The van der Waals surface area contributed by atoms with Gasteiger partial charge in [-0.05, 0) is 37.3 Å². The van der Waals surface area contributed by atoms with Crippen molar-refractivity contribution in [3.63, 3.8) is 0 Å². The molecule has 0 aliphatic carbocycles. The second kappa shape index (κ2) is 6.61. The van der Waals surface area contributed by atoms with Gasteiger partial charge in [-0.2, -0.15) is 0 Å². The molecule has 0 aromatic heterocycles. The minimum atomic E-state index is -0.464. The summed E-state index contributed by atoms with van der Waals surface area (Å²) in [5, 5.41) is 0. The molecule has 4 heteroatoms. The Morgan fingerprint density at radius 1 is 1.10 bits per heavy atom. The van der Waals surface area contributed by atoms with Crippen molar-refractivity contribution < 1.29 is 14.3 Å². The number of nitrogens with two attached hydrogens (primary N) is 1. The predicted molar refractivity (Wildman–Crippen MR) is 76.9 cm³/mol. The second-order valence-electron chi connectivity index (χ2n) is 4.22. The molecule has 4 nitrogen and oxygen atoms in total. The summed E-state index contributed by atoms with van der Waals surface area (Å²) in [6.07, 6.45) is 0. The number of para-hydroxylation sites is 1.